The lowest BCUT2D eigenvalue weighted by Gasteiger charge is -2.26. The number of non-ortho nitro benzene ring substituents is 1. The molecule has 0 radical (unpaired) electrons. The highest BCUT2D eigenvalue weighted by Gasteiger charge is 2.44. The largest absolute Gasteiger partial charge is 0.503 e. The molecule has 1 aliphatic heterocycles. The summed E-state index contributed by atoms with van der Waals surface area (Å²) in [6.45, 7) is 1.90. The zero-order valence-corrected chi connectivity index (χ0v) is 15.2. The quantitative estimate of drug-likeness (QED) is 0.441. The second-order valence-electron chi connectivity index (χ2n) is 6.25. The van der Waals surface area contributed by atoms with Crippen molar-refractivity contribution in [2.45, 2.75) is 13.0 Å². The van der Waals surface area contributed by atoms with Crippen LogP contribution in [0.1, 0.15) is 27.9 Å². The number of hydrogen-bond acceptors (Lipinski definition) is 7. The summed E-state index contributed by atoms with van der Waals surface area (Å²) in [5, 5.41) is 21.6. The molecule has 1 aliphatic rings. The third kappa shape index (κ3) is 3.39. The summed E-state index contributed by atoms with van der Waals surface area (Å²) in [5.74, 6) is -1.64. The predicted octanol–water partition coefficient (Wildman–Crippen LogP) is 2.72. The molecule has 9 heteroatoms. The van der Waals surface area contributed by atoms with E-state index in [1.54, 1.807) is 19.1 Å². The Morgan fingerprint density at radius 3 is 2.71 bits per heavy atom. The van der Waals surface area contributed by atoms with Crippen LogP contribution < -0.4 is 0 Å². The van der Waals surface area contributed by atoms with Gasteiger partial charge in [0.2, 0.25) is 5.78 Å². The number of rotatable bonds is 7. The van der Waals surface area contributed by atoms with Crippen molar-refractivity contribution in [1.82, 2.24) is 4.90 Å². The van der Waals surface area contributed by atoms with Crippen molar-refractivity contribution in [2.75, 3.05) is 20.3 Å². The number of nitro groups is 1. The van der Waals surface area contributed by atoms with Gasteiger partial charge in [-0.3, -0.25) is 19.7 Å². The predicted molar refractivity (Wildman–Crippen MR) is 96.9 cm³/mol. The number of methoxy groups -OCH3 is 1. The van der Waals surface area contributed by atoms with Crippen LogP contribution in [0, 0.1) is 17.0 Å². The molecule has 1 amide bonds. The number of aliphatic hydroxyl groups excluding tert-OH is 1. The zero-order valence-electron chi connectivity index (χ0n) is 15.2. The summed E-state index contributed by atoms with van der Waals surface area (Å²) in [6, 6.07) is 7.64. The van der Waals surface area contributed by atoms with Crippen LogP contribution in [0.5, 0.6) is 0 Å². The van der Waals surface area contributed by atoms with Crippen LogP contribution in [0.25, 0.3) is 0 Å². The number of nitrogens with zero attached hydrogens (tertiary/aromatic N) is 2. The number of benzene rings is 1. The maximum Gasteiger partial charge on any atom is 0.290 e. The van der Waals surface area contributed by atoms with E-state index in [9.17, 15) is 24.8 Å². The molecule has 2 heterocycles. The number of carbonyl (C=O) groups is 2. The van der Waals surface area contributed by atoms with E-state index < -0.39 is 28.4 Å². The minimum atomic E-state index is -1.000. The van der Waals surface area contributed by atoms with Gasteiger partial charge in [-0.1, -0.05) is 12.1 Å². The lowest BCUT2D eigenvalue weighted by molar-refractivity contribution is -0.384. The molecule has 1 atom stereocenters. The first-order valence-electron chi connectivity index (χ1n) is 8.43. The Morgan fingerprint density at radius 2 is 2.11 bits per heavy atom. The summed E-state index contributed by atoms with van der Waals surface area (Å²) >= 11 is 0. The fourth-order valence-corrected chi connectivity index (χ4v) is 3.15. The Bertz CT molecular complexity index is 976. The van der Waals surface area contributed by atoms with Gasteiger partial charge in [-0.05, 0) is 24.6 Å². The van der Waals surface area contributed by atoms with Gasteiger partial charge in [-0.15, -0.1) is 0 Å². The SMILES string of the molecule is COCCN1C(=O)C(O)=C(C(=O)c2ccc(C)o2)[C@H]1c1cccc([N+](=O)[O-])c1. The van der Waals surface area contributed by atoms with Crippen molar-refractivity contribution < 1.29 is 28.8 Å². The maximum absolute atomic E-state index is 13.0. The third-order valence-electron chi connectivity index (χ3n) is 4.45. The Morgan fingerprint density at radius 1 is 1.36 bits per heavy atom. The van der Waals surface area contributed by atoms with Gasteiger partial charge in [-0.2, -0.15) is 0 Å². The van der Waals surface area contributed by atoms with Crippen LogP contribution in [0.15, 0.2) is 52.1 Å². The van der Waals surface area contributed by atoms with Gasteiger partial charge in [0, 0.05) is 25.8 Å². The van der Waals surface area contributed by atoms with E-state index in [1.807, 2.05) is 0 Å². The monoisotopic (exact) mass is 386 g/mol. The van der Waals surface area contributed by atoms with E-state index in [4.69, 9.17) is 9.15 Å². The number of nitro benzene ring substituents is 1. The number of carbonyl (C=O) groups excluding carboxylic acids is 2. The van der Waals surface area contributed by atoms with Gasteiger partial charge < -0.3 is 19.2 Å². The number of aryl methyl sites for hydroxylation is 1. The number of Topliss-reactive ketones (excluding diaryl/α,β-unsaturated/α-hetero) is 1. The molecule has 0 spiro atoms. The fourth-order valence-electron chi connectivity index (χ4n) is 3.15. The smallest absolute Gasteiger partial charge is 0.290 e. The van der Waals surface area contributed by atoms with E-state index in [0.717, 1.165) is 0 Å². The second kappa shape index (κ2) is 7.65. The molecular formula is C19H18N2O7. The number of furan rings is 1. The molecule has 2 aromatic rings. The minimum Gasteiger partial charge on any atom is -0.503 e. The van der Waals surface area contributed by atoms with Gasteiger partial charge >= 0.3 is 0 Å². The number of aliphatic hydroxyl groups is 1. The van der Waals surface area contributed by atoms with Crippen molar-refractivity contribution in [3.05, 3.63) is 74.9 Å². The average Bonchev–Trinajstić information content (AvgIpc) is 3.22. The normalized spacial score (nSPS) is 16.7. The molecule has 146 valence electrons. The molecule has 28 heavy (non-hydrogen) atoms. The van der Waals surface area contributed by atoms with Crippen molar-refractivity contribution in [2.24, 2.45) is 0 Å². The average molecular weight is 386 g/mol. The molecule has 1 aromatic carbocycles. The molecule has 1 N–H and O–H groups in total. The molecular weight excluding hydrogens is 368 g/mol. The van der Waals surface area contributed by atoms with E-state index >= 15 is 0 Å². The van der Waals surface area contributed by atoms with Crippen LogP contribution in [0.4, 0.5) is 5.69 Å². The summed E-state index contributed by atoms with van der Waals surface area (Å²) in [6.07, 6.45) is 0. The summed E-state index contributed by atoms with van der Waals surface area (Å²) in [7, 11) is 1.45. The van der Waals surface area contributed by atoms with Gasteiger partial charge in [-0.25, -0.2) is 0 Å². The molecule has 0 aliphatic carbocycles. The van der Waals surface area contributed by atoms with Crippen molar-refractivity contribution in [3.63, 3.8) is 0 Å². The molecule has 3 rings (SSSR count). The van der Waals surface area contributed by atoms with Crippen molar-refractivity contribution in [3.8, 4) is 0 Å². The van der Waals surface area contributed by atoms with Crippen LogP contribution in [0.2, 0.25) is 0 Å². The van der Waals surface area contributed by atoms with Gasteiger partial charge in [0.15, 0.2) is 11.5 Å². The second-order valence-corrected chi connectivity index (χ2v) is 6.25. The number of ketones is 1. The van der Waals surface area contributed by atoms with E-state index in [0.29, 0.717) is 11.3 Å². The lowest BCUT2D eigenvalue weighted by atomic mass is 9.95. The zero-order chi connectivity index (χ0) is 20.4. The van der Waals surface area contributed by atoms with Crippen molar-refractivity contribution >= 4 is 17.4 Å². The van der Waals surface area contributed by atoms with E-state index in [2.05, 4.69) is 0 Å². The van der Waals surface area contributed by atoms with Crippen LogP contribution in [-0.2, 0) is 9.53 Å². The van der Waals surface area contributed by atoms with Crippen LogP contribution in [-0.4, -0.2) is 46.9 Å². The lowest BCUT2D eigenvalue weighted by Crippen LogP contribution is -2.34. The number of hydrogen-bond donors (Lipinski definition) is 1. The standard InChI is InChI=1S/C19H18N2O7/c1-11-6-7-14(28-11)17(22)15-16(12-4-3-5-13(10-12)21(25)26)20(8-9-27-2)19(24)18(15)23/h3-7,10,16,23H,8-9H2,1-2H3/t16-/m1/s1. The maximum atomic E-state index is 13.0. The molecule has 9 nitrogen and oxygen atoms in total. The summed E-state index contributed by atoms with van der Waals surface area (Å²) < 4.78 is 10.4. The topological polar surface area (TPSA) is 123 Å². The third-order valence-corrected chi connectivity index (χ3v) is 4.45. The van der Waals surface area contributed by atoms with Crippen LogP contribution >= 0.6 is 0 Å². The summed E-state index contributed by atoms with van der Waals surface area (Å²) in [4.78, 5) is 37.4. The van der Waals surface area contributed by atoms with E-state index in [-0.39, 0.29) is 30.2 Å². The van der Waals surface area contributed by atoms with Crippen molar-refractivity contribution in [1.29, 1.82) is 0 Å². The Balaban J connectivity index is 2.11. The Labute approximate surface area is 160 Å². The molecule has 0 unspecified atom stereocenters. The number of ether oxygens (including phenoxy) is 1. The highest BCUT2D eigenvalue weighted by molar-refractivity contribution is 6.15. The highest BCUT2D eigenvalue weighted by Crippen LogP contribution is 2.39. The fraction of sp³-hybridized carbons (Fsp3) is 0.263. The summed E-state index contributed by atoms with van der Waals surface area (Å²) in [5.41, 5.74) is -0.0473. The molecule has 1 aromatic heterocycles. The number of amides is 1. The van der Waals surface area contributed by atoms with E-state index in [1.165, 1.54) is 36.3 Å². The first kappa shape index (κ1) is 19.3. The van der Waals surface area contributed by atoms with Gasteiger partial charge in [0.05, 0.1) is 23.1 Å². The first-order chi connectivity index (χ1) is 13.3. The Kier molecular flexibility index (Phi) is 5.27. The Hall–Kier alpha value is -3.46. The minimum absolute atomic E-state index is 0.0316. The molecule has 0 bridgehead atoms. The van der Waals surface area contributed by atoms with Crippen LogP contribution in [0.3, 0.4) is 0 Å². The first-order valence-corrected chi connectivity index (χ1v) is 8.43. The molecule has 0 saturated heterocycles. The molecule has 0 fully saturated rings. The molecule has 0 saturated carbocycles. The highest BCUT2D eigenvalue weighted by atomic mass is 16.6. The van der Waals surface area contributed by atoms with Gasteiger partial charge in [0.25, 0.3) is 11.6 Å². The van der Waals surface area contributed by atoms with Gasteiger partial charge in [0.1, 0.15) is 5.76 Å².